The smallest absolute Gasteiger partial charge is 0.271 e. The number of fused-ring (bicyclic) bond motifs is 1. The molecule has 0 aliphatic rings. The van der Waals surface area contributed by atoms with Gasteiger partial charge in [-0.25, -0.2) is 4.98 Å². The molecule has 0 aliphatic carbocycles. The van der Waals surface area contributed by atoms with Crippen LogP contribution in [0, 0.1) is 10.1 Å². The summed E-state index contributed by atoms with van der Waals surface area (Å²) >= 11 is 0. The van der Waals surface area contributed by atoms with Crippen LogP contribution in [-0.2, 0) is 0 Å². The molecule has 0 atom stereocenters. The van der Waals surface area contributed by atoms with Gasteiger partial charge in [0.15, 0.2) is 0 Å². The number of anilines is 1. The van der Waals surface area contributed by atoms with Crippen LogP contribution in [0.4, 0.5) is 11.4 Å². The van der Waals surface area contributed by atoms with Gasteiger partial charge < -0.3 is 4.90 Å². The first-order chi connectivity index (χ1) is 11.1. The van der Waals surface area contributed by atoms with Crippen molar-refractivity contribution >= 4 is 22.4 Å². The Kier molecular flexibility index (Phi) is 3.97. The van der Waals surface area contributed by atoms with Gasteiger partial charge in [0.2, 0.25) is 0 Å². The molecule has 0 saturated carbocycles. The van der Waals surface area contributed by atoms with Crippen molar-refractivity contribution < 1.29 is 4.92 Å². The van der Waals surface area contributed by atoms with Crippen molar-refractivity contribution in [2.24, 2.45) is 0 Å². The van der Waals surface area contributed by atoms with E-state index in [4.69, 9.17) is 0 Å². The molecule has 0 unspecified atom stereocenters. The molecule has 0 bridgehead atoms. The number of nitrogens with zero attached hydrogens (tertiary/aromatic N) is 4. The van der Waals surface area contributed by atoms with Crippen LogP contribution in [0.5, 0.6) is 0 Å². The highest BCUT2D eigenvalue weighted by atomic mass is 16.6. The average Bonchev–Trinajstić information content (AvgIpc) is 2.99. The Morgan fingerprint density at radius 2 is 1.83 bits per heavy atom. The predicted molar refractivity (Wildman–Crippen MR) is 91.3 cm³/mol. The highest BCUT2D eigenvalue weighted by Gasteiger charge is 2.11. The number of hydrogen-bond donors (Lipinski definition) is 0. The van der Waals surface area contributed by atoms with Crippen LogP contribution in [0.15, 0.2) is 48.8 Å². The molecule has 6 nitrogen and oxygen atoms in total. The van der Waals surface area contributed by atoms with Gasteiger partial charge >= 0.3 is 0 Å². The maximum atomic E-state index is 10.8. The van der Waals surface area contributed by atoms with E-state index in [1.807, 2.05) is 16.7 Å². The second-order valence-corrected chi connectivity index (χ2v) is 5.23. The maximum absolute atomic E-state index is 10.8. The molecule has 0 saturated heterocycles. The predicted octanol–water partition coefficient (Wildman–Crippen LogP) is 3.78. The molecule has 0 radical (unpaired) electrons. The minimum atomic E-state index is -0.405. The Morgan fingerprint density at radius 3 is 2.43 bits per heavy atom. The zero-order valence-electron chi connectivity index (χ0n) is 13.1. The van der Waals surface area contributed by atoms with Crippen LogP contribution in [0.2, 0.25) is 0 Å². The zero-order chi connectivity index (χ0) is 16.4. The Labute approximate surface area is 134 Å². The maximum Gasteiger partial charge on any atom is 0.271 e. The van der Waals surface area contributed by atoms with Crippen molar-refractivity contribution in [3.05, 3.63) is 58.9 Å². The third-order valence-corrected chi connectivity index (χ3v) is 4.00. The number of nitro benzene ring substituents is 1. The molecule has 6 heteroatoms. The summed E-state index contributed by atoms with van der Waals surface area (Å²) in [6.07, 6.45) is 1.70. The van der Waals surface area contributed by atoms with Gasteiger partial charge in [0, 0.05) is 36.6 Å². The number of hydrogen-bond acceptors (Lipinski definition) is 4. The fourth-order valence-corrected chi connectivity index (χ4v) is 2.73. The third kappa shape index (κ3) is 2.75. The first kappa shape index (κ1) is 15.0. The van der Waals surface area contributed by atoms with Crippen molar-refractivity contribution in [2.75, 3.05) is 18.0 Å². The molecule has 3 rings (SSSR count). The van der Waals surface area contributed by atoms with E-state index >= 15 is 0 Å². The summed E-state index contributed by atoms with van der Waals surface area (Å²) in [7, 11) is 0. The van der Waals surface area contributed by atoms with E-state index in [0.717, 1.165) is 24.3 Å². The molecule has 0 N–H and O–H groups in total. The van der Waals surface area contributed by atoms with Gasteiger partial charge in [-0.1, -0.05) is 0 Å². The SMILES string of the molecule is CCN(CC)c1ccc(-n2cnc3cc([N+](=O)[O-])ccc32)cc1. The van der Waals surface area contributed by atoms with Crippen molar-refractivity contribution in [3.8, 4) is 5.69 Å². The first-order valence-electron chi connectivity index (χ1n) is 7.61. The molecular weight excluding hydrogens is 292 g/mol. The number of rotatable bonds is 5. The number of nitro groups is 1. The normalized spacial score (nSPS) is 10.9. The van der Waals surface area contributed by atoms with Crippen LogP contribution in [0.25, 0.3) is 16.7 Å². The summed E-state index contributed by atoms with van der Waals surface area (Å²) in [6.45, 7) is 6.20. The van der Waals surface area contributed by atoms with E-state index < -0.39 is 4.92 Å². The van der Waals surface area contributed by atoms with Gasteiger partial charge in [0.25, 0.3) is 5.69 Å². The van der Waals surface area contributed by atoms with Gasteiger partial charge in [-0.05, 0) is 44.2 Å². The Morgan fingerprint density at radius 1 is 1.13 bits per heavy atom. The minimum absolute atomic E-state index is 0.0552. The van der Waals surface area contributed by atoms with E-state index in [9.17, 15) is 10.1 Å². The van der Waals surface area contributed by atoms with Crippen molar-refractivity contribution in [3.63, 3.8) is 0 Å². The lowest BCUT2D eigenvalue weighted by atomic mass is 10.2. The molecule has 1 heterocycles. The van der Waals surface area contributed by atoms with Crippen molar-refractivity contribution in [1.29, 1.82) is 0 Å². The van der Waals surface area contributed by atoms with Crippen molar-refractivity contribution in [2.45, 2.75) is 13.8 Å². The molecule has 0 spiro atoms. The molecule has 2 aromatic carbocycles. The van der Waals surface area contributed by atoms with E-state index in [2.05, 4.69) is 35.9 Å². The van der Waals surface area contributed by atoms with Crippen molar-refractivity contribution in [1.82, 2.24) is 9.55 Å². The van der Waals surface area contributed by atoms with Gasteiger partial charge in [-0.2, -0.15) is 0 Å². The largest absolute Gasteiger partial charge is 0.372 e. The Balaban J connectivity index is 1.98. The zero-order valence-corrected chi connectivity index (χ0v) is 13.1. The molecule has 23 heavy (non-hydrogen) atoms. The number of imidazole rings is 1. The summed E-state index contributed by atoms with van der Waals surface area (Å²) in [5.74, 6) is 0. The lowest BCUT2D eigenvalue weighted by Gasteiger charge is -2.21. The average molecular weight is 310 g/mol. The van der Waals surface area contributed by atoms with Crippen LogP contribution in [0.3, 0.4) is 0 Å². The highest BCUT2D eigenvalue weighted by molar-refractivity contribution is 5.80. The summed E-state index contributed by atoms with van der Waals surface area (Å²) in [6, 6.07) is 13.0. The van der Waals surface area contributed by atoms with Crippen LogP contribution in [-0.4, -0.2) is 27.6 Å². The monoisotopic (exact) mass is 310 g/mol. The second kappa shape index (κ2) is 6.08. The highest BCUT2D eigenvalue weighted by Crippen LogP contribution is 2.24. The molecular formula is C17H18N4O2. The van der Waals surface area contributed by atoms with E-state index in [1.165, 1.54) is 17.8 Å². The number of benzene rings is 2. The Hall–Kier alpha value is -2.89. The lowest BCUT2D eigenvalue weighted by Crippen LogP contribution is -2.21. The summed E-state index contributed by atoms with van der Waals surface area (Å²) in [4.78, 5) is 17.0. The van der Waals surface area contributed by atoms with Crippen LogP contribution >= 0.6 is 0 Å². The van der Waals surface area contributed by atoms with Gasteiger partial charge in [0.1, 0.15) is 6.33 Å². The molecule has 0 aliphatic heterocycles. The third-order valence-electron chi connectivity index (χ3n) is 4.00. The van der Waals surface area contributed by atoms with Crippen LogP contribution < -0.4 is 4.90 Å². The summed E-state index contributed by atoms with van der Waals surface area (Å²) in [5, 5.41) is 10.8. The van der Waals surface area contributed by atoms with E-state index in [1.54, 1.807) is 12.4 Å². The molecule has 0 fully saturated rings. The summed E-state index contributed by atoms with van der Waals surface area (Å²) < 4.78 is 1.94. The number of non-ortho nitro benzene ring substituents is 1. The molecule has 118 valence electrons. The quantitative estimate of drug-likeness (QED) is 0.531. The summed E-state index contributed by atoms with van der Waals surface area (Å²) in [5.41, 5.74) is 3.69. The standard InChI is InChI=1S/C17H18N4O2/c1-3-19(4-2)13-5-7-14(8-6-13)20-12-18-16-11-15(21(22)23)9-10-17(16)20/h5-12H,3-4H2,1-2H3. The van der Waals surface area contributed by atoms with Crippen LogP contribution in [0.1, 0.15) is 13.8 Å². The molecule has 1 aromatic heterocycles. The fraction of sp³-hybridized carbons (Fsp3) is 0.235. The van der Waals surface area contributed by atoms with E-state index in [-0.39, 0.29) is 5.69 Å². The van der Waals surface area contributed by atoms with Gasteiger partial charge in [0.05, 0.1) is 16.0 Å². The minimum Gasteiger partial charge on any atom is -0.372 e. The number of aromatic nitrogens is 2. The molecule has 3 aromatic rings. The van der Waals surface area contributed by atoms with Gasteiger partial charge in [-0.3, -0.25) is 14.7 Å². The first-order valence-corrected chi connectivity index (χ1v) is 7.61. The van der Waals surface area contributed by atoms with E-state index in [0.29, 0.717) is 5.52 Å². The Bertz CT molecular complexity index is 835. The fourth-order valence-electron chi connectivity index (χ4n) is 2.73. The van der Waals surface area contributed by atoms with Gasteiger partial charge in [-0.15, -0.1) is 0 Å². The second-order valence-electron chi connectivity index (χ2n) is 5.23. The lowest BCUT2D eigenvalue weighted by molar-refractivity contribution is -0.384. The topological polar surface area (TPSA) is 64.2 Å². The molecule has 0 amide bonds.